The first-order valence-electron chi connectivity index (χ1n) is 7.63. The molecule has 110 valence electrons. The van der Waals surface area contributed by atoms with Crippen LogP contribution in [-0.2, 0) is 11.3 Å². The van der Waals surface area contributed by atoms with E-state index in [1.807, 2.05) is 0 Å². The first-order valence-corrected chi connectivity index (χ1v) is 8.79. The van der Waals surface area contributed by atoms with Gasteiger partial charge in [-0.05, 0) is 36.3 Å². The highest BCUT2D eigenvalue weighted by atomic mass is 32.2. The first kappa shape index (κ1) is 14.2. The first-order chi connectivity index (χ1) is 9.90. The maximum Gasteiger partial charge on any atom is 0.0594 e. The fourth-order valence-electron chi connectivity index (χ4n) is 2.81. The second kappa shape index (κ2) is 7.34. The molecule has 1 aromatic carbocycles. The Hall–Kier alpha value is -0.710. The van der Waals surface area contributed by atoms with Crippen LogP contribution in [0.5, 0.6) is 0 Å². The standard InChI is InChI=1S/C16H24N2OS/c1-2-16(13-20-11-1)17-15-5-3-14(4-6-15)12-18-7-9-19-10-8-18/h3-6,16-17H,1-2,7-13H2. The van der Waals surface area contributed by atoms with E-state index in [9.17, 15) is 0 Å². The van der Waals surface area contributed by atoms with Crippen molar-refractivity contribution in [1.82, 2.24) is 4.90 Å². The average molecular weight is 292 g/mol. The maximum absolute atomic E-state index is 5.39. The Bertz CT molecular complexity index is 358. The predicted octanol–water partition coefficient (Wildman–Crippen LogP) is 2.83. The van der Waals surface area contributed by atoms with Gasteiger partial charge >= 0.3 is 0 Å². The molecule has 4 heteroatoms. The van der Waals surface area contributed by atoms with E-state index < -0.39 is 0 Å². The van der Waals surface area contributed by atoms with Gasteiger partial charge in [-0.3, -0.25) is 4.90 Å². The number of thioether (sulfide) groups is 1. The number of nitrogens with one attached hydrogen (secondary N) is 1. The van der Waals surface area contributed by atoms with Gasteiger partial charge in [-0.2, -0.15) is 11.8 Å². The number of benzene rings is 1. The van der Waals surface area contributed by atoms with Gasteiger partial charge in [0.15, 0.2) is 0 Å². The second-order valence-electron chi connectivity index (χ2n) is 5.64. The van der Waals surface area contributed by atoms with Crippen LogP contribution in [0, 0.1) is 0 Å². The Kier molecular flexibility index (Phi) is 5.23. The highest BCUT2D eigenvalue weighted by Crippen LogP contribution is 2.21. The Morgan fingerprint density at radius 3 is 2.70 bits per heavy atom. The zero-order valence-corrected chi connectivity index (χ0v) is 12.8. The number of rotatable bonds is 4. The molecule has 0 radical (unpaired) electrons. The van der Waals surface area contributed by atoms with E-state index in [1.54, 1.807) is 0 Å². The topological polar surface area (TPSA) is 24.5 Å². The molecule has 0 bridgehead atoms. The monoisotopic (exact) mass is 292 g/mol. The van der Waals surface area contributed by atoms with Crippen molar-refractivity contribution in [2.45, 2.75) is 25.4 Å². The molecular formula is C16H24N2OS. The van der Waals surface area contributed by atoms with Gasteiger partial charge in [0, 0.05) is 37.1 Å². The van der Waals surface area contributed by atoms with E-state index in [2.05, 4.69) is 46.2 Å². The van der Waals surface area contributed by atoms with Crippen molar-refractivity contribution in [3.63, 3.8) is 0 Å². The normalized spacial score (nSPS) is 24.5. The number of anilines is 1. The lowest BCUT2D eigenvalue weighted by Gasteiger charge is -2.27. The van der Waals surface area contributed by atoms with E-state index in [-0.39, 0.29) is 0 Å². The van der Waals surface area contributed by atoms with Crippen LogP contribution in [0.4, 0.5) is 5.69 Å². The molecule has 1 atom stereocenters. The summed E-state index contributed by atoms with van der Waals surface area (Å²) in [6.45, 7) is 4.90. The number of hydrogen-bond donors (Lipinski definition) is 1. The van der Waals surface area contributed by atoms with Crippen molar-refractivity contribution < 1.29 is 4.74 Å². The van der Waals surface area contributed by atoms with Crippen molar-refractivity contribution in [2.24, 2.45) is 0 Å². The smallest absolute Gasteiger partial charge is 0.0594 e. The van der Waals surface area contributed by atoms with Gasteiger partial charge in [-0.15, -0.1) is 0 Å². The number of ether oxygens (including phenoxy) is 1. The highest BCUT2D eigenvalue weighted by molar-refractivity contribution is 7.99. The molecule has 1 unspecified atom stereocenters. The summed E-state index contributed by atoms with van der Waals surface area (Å²) in [6.07, 6.45) is 2.65. The molecule has 0 amide bonds. The summed E-state index contributed by atoms with van der Waals surface area (Å²) in [6, 6.07) is 9.63. The van der Waals surface area contributed by atoms with Crippen LogP contribution in [0.15, 0.2) is 24.3 Å². The van der Waals surface area contributed by atoms with Gasteiger partial charge in [0.1, 0.15) is 0 Å². The van der Waals surface area contributed by atoms with E-state index in [4.69, 9.17) is 4.74 Å². The Morgan fingerprint density at radius 2 is 2.00 bits per heavy atom. The lowest BCUT2D eigenvalue weighted by Crippen LogP contribution is -2.35. The molecule has 0 saturated carbocycles. The molecule has 3 nitrogen and oxygen atoms in total. The average Bonchev–Trinajstić information content (AvgIpc) is 2.51. The third-order valence-electron chi connectivity index (χ3n) is 3.99. The van der Waals surface area contributed by atoms with Gasteiger partial charge in [-0.1, -0.05) is 12.1 Å². The highest BCUT2D eigenvalue weighted by Gasteiger charge is 2.13. The zero-order chi connectivity index (χ0) is 13.6. The molecule has 2 aliphatic heterocycles. The molecule has 2 heterocycles. The Morgan fingerprint density at radius 1 is 1.20 bits per heavy atom. The molecule has 2 aliphatic rings. The van der Waals surface area contributed by atoms with E-state index >= 15 is 0 Å². The van der Waals surface area contributed by atoms with Crippen LogP contribution < -0.4 is 5.32 Å². The van der Waals surface area contributed by atoms with Crippen molar-refractivity contribution in [3.05, 3.63) is 29.8 Å². The van der Waals surface area contributed by atoms with Gasteiger partial charge in [0.05, 0.1) is 13.2 Å². The minimum Gasteiger partial charge on any atom is -0.381 e. The van der Waals surface area contributed by atoms with Crippen molar-refractivity contribution >= 4 is 17.4 Å². The van der Waals surface area contributed by atoms with E-state index in [0.717, 1.165) is 32.8 Å². The van der Waals surface area contributed by atoms with Gasteiger partial charge in [-0.25, -0.2) is 0 Å². The summed E-state index contributed by atoms with van der Waals surface area (Å²) in [7, 11) is 0. The quantitative estimate of drug-likeness (QED) is 0.922. The molecular weight excluding hydrogens is 268 g/mol. The molecule has 2 fully saturated rings. The largest absolute Gasteiger partial charge is 0.381 e. The molecule has 0 spiro atoms. The van der Waals surface area contributed by atoms with E-state index in [1.165, 1.54) is 35.6 Å². The Balaban J connectivity index is 1.51. The van der Waals surface area contributed by atoms with Crippen LogP contribution in [0.2, 0.25) is 0 Å². The Labute approximate surface area is 126 Å². The lowest BCUT2D eigenvalue weighted by molar-refractivity contribution is 0.0342. The molecule has 1 aromatic rings. The van der Waals surface area contributed by atoms with Crippen LogP contribution in [0.3, 0.4) is 0 Å². The minimum absolute atomic E-state index is 0.652. The van der Waals surface area contributed by atoms with Crippen LogP contribution in [0.1, 0.15) is 18.4 Å². The van der Waals surface area contributed by atoms with Crippen molar-refractivity contribution in [1.29, 1.82) is 0 Å². The fraction of sp³-hybridized carbons (Fsp3) is 0.625. The molecule has 2 saturated heterocycles. The third-order valence-corrected chi connectivity index (χ3v) is 5.21. The van der Waals surface area contributed by atoms with Gasteiger partial charge in [0.25, 0.3) is 0 Å². The summed E-state index contributed by atoms with van der Waals surface area (Å²) < 4.78 is 5.39. The number of hydrogen-bond acceptors (Lipinski definition) is 4. The van der Waals surface area contributed by atoms with Gasteiger partial charge in [0.2, 0.25) is 0 Å². The summed E-state index contributed by atoms with van der Waals surface area (Å²) in [5.74, 6) is 2.58. The van der Waals surface area contributed by atoms with Crippen LogP contribution in [0.25, 0.3) is 0 Å². The van der Waals surface area contributed by atoms with Crippen LogP contribution >= 0.6 is 11.8 Å². The van der Waals surface area contributed by atoms with Gasteiger partial charge < -0.3 is 10.1 Å². The lowest BCUT2D eigenvalue weighted by atomic mass is 10.1. The van der Waals surface area contributed by atoms with E-state index in [0.29, 0.717) is 6.04 Å². The molecule has 0 aromatic heterocycles. The summed E-state index contributed by atoms with van der Waals surface area (Å²) in [5.41, 5.74) is 2.67. The summed E-state index contributed by atoms with van der Waals surface area (Å²) in [4.78, 5) is 2.46. The third kappa shape index (κ3) is 4.14. The summed E-state index contributed by atoms with van der Waals surface area (Å²) >= 11 is 2.07. The molecule has 1 N–H and O–H groups in total. The summed E-state index contributed by atoms with van der Waals surface area (Å²) in [5, 5.41) is 3.66. The van der Waals surface area contributed by atoms with Crippen molar-refractivity contribution in [3.8, 4) is 0 Å². The number of nitrogens with zero attached hydrogens (tertiary/aromatic N) is 1. The minimum atomic E-state index is 0.652. The fourth-order valence-corrected chi connectivity index (χ4v) is 3.89. The zero-order valence-electron chi connectivity index (χ0n) is 12.0. The SMILES string of the molecule is c1cc(NC2CCCSC2)ccc1CN1CCOCC1. The predicted molar refractivity (Wildman–Crippen MR) is 86.5 cm³/mol. The van der Waals surface area contributed by atoms with Crippen LogP contribution in [-0.4, -0.2) is 48.8 Å². The molecule has 3 rings (SSSR count). The van der Waals surface area contributed by atoms with Crippen molar-refractivity contribution in [2.75, 3.05) is 43.1 Å². The second-order valence-corrected chi connectivity index (χ2v) is 6.79. The number of morpholine rings is 1. The molecule has 0 aliphatic carbocycles. The molecule has 20 heavy (non-hydrogen) atoms. The maximum atomic E-state index is 5.39.